The lowest BCUT2D eigenvalue weighted by atomic mass is 10.1. The van der Waals surface area contributed by atoms with Gasteiger partial charge in [-0.25, -0.2) is 0 Å². The van der Waals surface area contributed by atoms with E-state index in [-0.39, 0.29) is 6.04 Å². The molecule has 15 heavy (non-hydrogen) atoms. The van der Waals surface area contributed by atoms with E-state index in [2.05, 4.69) is 41.8 Å². The zero-order valence-corrected chi connectivity index (χ0v) is 9.63. The van der Waals surface area contributed by atoms with Crippen molar-refractivity contribution in [3.8, 4) is 10.4 Å². The SMILES string of the molecule is CC(N)Cc1ccc(-c2cccs2)cc1. The summed E-state index contributed by atoms with van der Waals surface area (Å²) in [5.74, 6) is 0. The summed E-state index contributed by atoms with van der Waals surface area (Å²) < 4.78 is 0. The molecule has 1 aromatic carbocycles. The third-order valence-corrected chi connectivity index (χ3v) is 3.24. The van der Waals surface area contributed by atoms with Crippen molar-refractivity contribution in [3.05, 3.63) is 47.3 Å². The molecule has 0 saturated heterocycles. The van der Waals surface area contributed by atoms with Gasteiger partial charge in [-0.1, -0.05) is 30.3 Å². The van der Waals surface area contributed by atoms with Crippen LogP contribution in [0.15, 0.2) is 41.8 Å². The van der Waals surface area contributed by atoms with E-state index in [0.717, 1.165) is 6.42 Å². The average molecular weight is 217 g/mol. The second-order valence-electron chi connectivity index (χ2n) is 3.86. The quantitative estimate of drug-likeness (QED) is 0.838. The lowest BCUT2D eigenvalue weighted by Gasteiger charge is -2.05. The van der Waals surface area contributed by atoms with Crippen molar-refractivity contribution in [1.29, 1.82) is 0 Å². The minimum atomic E-state index is 0.234. The van der Waals surface area contributed by atoms with Gasteiger partial charge >= 0.3 is 0 Å². The van der Waals surface area contributed by atoms with Gasteiger partial charge in [0.2, 0.25) is 0 Å². The van der Waals surface area contributed by atoms with Crippen molar-refractivity contribution in [2.45, 2.75) is 19.4 Å². The normalized spacial score (nSPS) is 12.7. The van der Waals surface area contributed by atoms with Gasteiger partial charge < -0.3 is 5.73 Å². The van der Waals surface area contributed by atoms with Gasteiger partial charge in [0, 0.05) is 10.9 Å². The number of hydrogen-bond acceptors (Lipinski definition) is 2. The second kappa shape index (κ2) is 4.60. The summed E-state index contributed by atoms with van der Waals surface area (Å²) in [5, 5.41) is 2.10. The van der Waals surface area contributed by atoms with E-state index in [0.29, 0.717) is 0 Å². The molecular formula is C13H15NS. The average Bonchev–Trinajstić information content (AvgIpc) is 2.71. The first-order valence-corrected chi connectivity index (χ1v) is 6.02. The highest BCUT2D eigenvalue weighted by Gasteiger charge is 2.00. The first kappa shape index (κ1) is 10.4. The molecule has 0 spiro atoms. The Balaban J connectivity index is 2.17. The lowest BCUT2D eigenvalue weighted by Crippen LogP contribution is -2.17. The third-order valence-electron chi connectivity index (χ3n) is 2.32. The summed E-state index contributed by atoms with van der Waals surface area (Å²) in [6, 6.07) is 13.1. The van der Waals surface area contributed by atoms with E-state index in [1.807, 2.05) is 6.92 Å². The predicted molar refractivity (Wildman–Crippen MR) is 67.1 cm³/mol. The molecule has 2 heteroatoms. The zero-order chi connectivity index (χ0) is 10.7. The molecule has 2 N–H and O–H groups in total. The standard InChI is InChI=1S/C13H15NS/c1-10(14)9-11-4-6-12(7-5-11)13-3-2-8-15-13/h2-8,10H,9,14H2,1H3. The van der Waals surface area contributed by atoms with E-state index in [4.69, 9.17) is 5.73 Å². The summed E-state index contributed by atoms with van der Waals surface area (Å²) >= 11 is 1.77. The molecule has 78 valence electrons. The Morgan fingerprint density at radius 3 is 2.47 bits per heavy atom. The van der Waals surface area contributed by atoms with Crippen molar-refractivity contribution in [2.75, 3.05) is 0 Å². The van der Waals surface area contributed by atoms with Crippen molar-refractivity contribution in [1.82, 2.24) is 0 Å². The molecular weight excluding hydrogens is 202 g/mol. The van der Waals surface area contributed by atoms with E-state index in [9.17, 15) is 0 Å². The minimum absolute atomic E-state index is 0.234. The molecule has 2 aromatic rings. The van der Waals surface area contributed by atoms with Gasteiger partial charge in [-0.2, -0.15) is 0 Å². The Morgan fingerprint density at radius 1 is 1.20 bits per heavy atom. The van der Waals surface area contributed by atoms with Crippen LogP contribution >= 0.6 is 11.3 Å². The summed E-state index contributed by atoms with van der Waals surface area (Å²) in [5.41, 5.74) is 8.36. The Kier molecular flexibility index (Phi) is 3.19. The molecule has 0 aliphatic rings. The van der Waals surface area contributed by atoms with Gasteiger partial charge in [0.1, 0.15) is 0 Å². The third kappa shape index (κ3) is 2.67. The van der Waals surface area contributed by atoms with Gasteiger partial charge in [0.05, 0.1) is 0 Å². The number of benzene rings is 1. The molecule has 2 rings (SSSR count). The first-order chi connectivity index (χ1) is 7.25. The monoisotopic (exact) mass is 217 g/mol. The lowest BCUT2D eigenvalue weighted by molar-refractivity contribution is 0.738. The number of thiophene rings is 1. The van der Waals surface area contributed by atoms with Gasteiger partial charge in [-0.05, 0) is 35.9 Å². The molecule has 1 heterocycles. The number of rotatable bonds is 3. The topological polar surface area (TPSA) is 26.0 Å². The first-order valence-electron chi connectivity index (χ1n) is 5.14. The maximum atomic E-state index is 5.76. The van der Waals surface area contributed by atoms with Crippen LogP contribution < -0.4 is 5.73 Å². The molecule has 0 fully saturated rings. The Labute approximate surface area is 94.6 Å². The van der Waals surface area contributed by atoms with Gasteiger partial charge in [-0.15, -0.1) is 11.3 Å². The molecule has 0 saturated carbocycles. The molecule has 0 aliphatic heterocycles. The Bertz CT molecular complexity index is 401. The molecule has 1 unspecified atom stereocenters. The predicted octanol–water partition coefficient (Wildman–Crippen LogP) is 3.30. The van der Waals surface area contributed by atoms with Crippen LogP contribution in [0.3, 0.4) is 0 Å². The molecule has 0 radical (unpaired) electrons. The van der Waals surface area contributed by atoms with E-state index in [1.54, 1.807) is 11.3 Å². The summed E-state index contributed by atoms with van der Waals surface area (Å²) in [6.07, 6.45) is 0.949. The van der Waals surface area contributed by atoms with Crippen LogP contribution in [0.1, 0.15) is 12.5 Å². The van der Waals surface area contributed by atoms with Crippen LogP contribution in [-0.4, -0.2) is 6.04 Å². The fourth-order valence-corrected chi connectivity index (χ4v) is 2.35. The Hall–Kier alpha value is -1.12. The molecule has 1 aromatic heterocycles. The van der Waals surface area contributed by atoms with Crippen LogP contribution in [0, 0.1) is 0 Å². The van der Waals surface area contributed by atoms with Gasteiger partial charge in [-0.3, -0.25) is 0 Å². The fourth-order valence-electron chi connectivity index (χ4n) is 1.62. The van der Waals surface area contributed by atoms with Gasteiger partial charge in [0.25, 0.3) is 0 Å². The summed E-state index contributed by atoms with van der Waals surface area (Å²) in [6.45, 7) is 2.03. The largest absolute Gasteiger partial charge is 0.328 e. The van der Waals surface area contributed by atoms with E-state index < -0.39 is 0 Å². The molecule has 0 aliphatic carbocycles. The molecule has 0 amide bonds. The minimum Gasteiger partial charge on any atom is -0.328 e. The van der Waals surface area contributed by atoms with Crippen LogP contribution in [0.25, 0.3) is 10.4 Å². The highest BCUT2D eigenvalue weighted by molar-refractivity contribution is 7.13. The van der Waals surface area contributed by atoms with Crippen molar-refractivity contribution < 1.29 is 0 Å². The Morgan fingerprint density at radius 2 is 1.93 bits per heavy atom. The highest BCUT2D eigenvalue weighted by Crippen LogP contribution is 2.24. The van der Waals surface area contributed by atoms with E-state index >= 15 is 0 Å². The number of hydrogen-bond donors (Lipinski definition) is 1. The van der Waals surface area contributed by atoms with Crippen molar-refractivity contribution in [2.24, 2.45) is 5.73 Å². The summed E-state index contributed by atoms with van der Waals surface area (Å²) in [4.78, 5) is 1.32. The second-order valence-corrected chi connectivity index (χ2v) is 4.80. The highest BCUT2D eigenvalue weighted by atomic mass is 32.1. The van der Waals surface area contributed by atoms with Crippen molar-refractivity contribution in [3.63, 3.8) is 0 Å². The molecule has 0 bridgehead atoms. The molecule has 1 nitrogen and oxygen atoms in total. The van der Waals surface area contributed by atoms with Crippen LogP contribution in [0.5, 0.6) is 0 Å². The van der Waals surface area contributed by atoms with E-state index in [1.165, 1.54) is 16.0 Å². The maximum absolute atomic E-state index is 5.76. The smallest absolute Gasteiger partial charge is 0.0342 e. The van der Waals surface area contributed by atoms with Gasteiger partial charge in [0.15, 0.2) is 0 Å². The fraction of sp³-hybridized carbons (Fsp3) is 0.231. The van der Waals surface area contributed by atoms with Crippen LogP contribution in [0.2, 0.25) is 0 Å². The van der Waals surface area contributed by atoms with Crippen LogP contribution in [-0.2, 0) is 6.42 Å². The maximum Gasteiger partial charge on any atom is 0.0342 e. The zero-order valence-electron chi connectivity index (χ0n) is 8.81. The number of nitrogens with two attached hydrogens (primary N) is 1. The van der Waals surface area contributed by atoms with Crippen LogP contribution in [0.4, 0.5) is 0 Å². The summed E-state index contributed by atoms with van der Waals surface area (Å²) in [7, 11) is 0. The molecule has 1 atom stereocenters. The van der Waals surface area contributed by atoms with Crippen molar-refractivity contribution >= 4 is 11.3 Å².